The van der Waals surface area contributed by atoms with E-state index >= 15 is 0 Å². The number of aromatic nitrogens is 4. The van der Waals surface area contributed by atoms with Crippen molar-refractivity contribution in [2.24, 2.45) is 0 Å². The highest BCUT2D eigenvalue weighted by Crippen LogP contribution is 2.42. The molecule has 0 N–H and O–H groups in total. The Labute approximate surface area is 330 Å². The van der Waals surface area contributed by atoms with Crippen molar-refractivity contribution in [2.45, 2.75) is 12.8 Å². The van der Waals surface area contributed by atoms with Crippen LogP contribution in [0.25, 0.3) is 95.2 Å². The molecule has 9 aromatic rings. The van der Waals surface area contributed by atoms with Gasteiger partial charge in [0, 0.05) is 44.0 Å². The van der Waals surface area contributed by atoms with E-state index in [0.717, 1.165) is 95.9 Å². The third-order valence-corrected chi connectivity index (χ3v) is 10.6. The number of pyridine rings is 1. The maximum atomic E-state index is 6.85. The van der Waals surface area contributed by atoms with Crippen LogP contribution in [0, 0.1) is 0 Å². The molecule has 0 spiro atoms. The van der Waals surface area contributed by atoms with Gasteiger partial charge in [-0.3, -0.25) is 0 Å². The van der Waals surface area contributed by atoms with Crippen LogP contribution in [-0.4, -0.2) is 19.9 Å². The second-order valence-corrected chi connectivity index (χ2v) is 14.2. The van der Waals surface area contributed by atoms with Crippen molar-refractivity contribution >= 4 is 50.1 Å². The number of hydrogen-bond acceptors (Lipinski definition) is 5. The van der Waals surface area contributed by atoms with Crippen molar-refractivity contribution in [3.8, 4) is 45.2 Å². The van der Waals surface area contributed by atoms with Crippen LogP contribution in [0.5, 0.6) is 0 Å². The average Bonchev–Trinajstić information content (AvgIpc) is 3.66. The smallest absolute Gasteiger partial charge is 0.164 e. The lowest BCUT2D eigenvalue weighted by atomic mass is 9.89. The number of allylic oxidation sites excluding steroid dienone is 6. The Kier molecular flexibility index (Phi) is 8.73. The summed E-state index contributed by atoms with van der Waals surface area (Å²) in [6, 6.07) is 52.1. The molecule has 0 saturated carbocycles. The first kappa shape index (κ1) is 34.0. The van der Waals surface area contributed by atoms with Gasteiger partial charge in [-0.1, -0.05) is 152 Å². The Morgan fingerprint density at radius 1 is 0.509 bits per heavy atom. The molecule has 1 aliphatic rings. The molecule has 0 amide bonds. The van der Waals surface area contributed by atoms with E-state index in [1.807, 2.05) is 78.9 Å². The molecule has 0 radical (unpaired) electrons. The summed E-state index contributed by atoms with van der Waals surface area (Å²) in [7, 11) is 0. The number of benzene rings is 6. The van der Waals surface area contributed by atoms with Gasteiger partial charge in [0.15, 0.2) is 17.5 Å². The molecule has 0 unspecified atom stereocenters. The fraction of sp³-hybridized carbons (Fsp3) is 0.0385. The van der Waals surface area contributed by atoms with Gasteiger partial charge < -0.3 is 4.42 Å². The predicted molar refractivity (Wildman–Crippen MR) is 235 cm³/mol. The monoisotopic (exact) mass is 732 g/mol. The second-order valence-electron chi connectivity index (χ2n) is 14.2. The third-order valence-electron chi connectivity index (χ3n) is 10.6. The molecular weight excluding hydrogens is 697 g/mol. The van der Waals surface area contributed by atoms with Crippen LogP contribution in [0.1, 0.15) is 29.8 Å². The van der Waals surface area contributed by atoms with E-state index in [1.165, 1.54) is 5.57 Å². The van der Waals surface area contributed by atoms with E-state index in [4.69, 9.17) is 24.4 Å². The number of rotatable bonds is 8. The van der Waals surface area contributed by atoms with E-state index in [9.17, 15) is 0 Å². The zero-order chi connectivity index (χ0) is 38.1. The van der Waals surface area contributed by atoms with E-state index in [2.05, 4.69) is 104 Å². The number of nitrogens with zero attached hydrogens (tertiary/aromatic N) is 4. The van der Waals surface area contributed by atoms with E-state index in [1.54, 1.807) is 6.08 Å². The summed E-state index contributed by atoms with van der Waals surface area (Å²) in [5.74, 6) is 2.00. The largest absolute Gasteiger partial charge is 0.455 e. The maximum Gasteiger partial charge on any atom is 0.164 e. The number of furan rings is 1. The SMILES string of the molecule is C=C/C=C\c1cc2ccccc2nc1-c1cc(C2=CC=C(c3nc(-c4ccccc4)nc(-c4ccccc4)n3)CC2)c2oc3cc(-c4ccccc4)ccc3c2c1. The van der Waals surface area contributed by atoms with Crippen molar-refractivity contribution in [1.82, 2.24) is 19.9 Å². The zero-order valence-electron chi connectivity index (χ0n) is 31.1. The molecule has 3 aromatic heterocycles. The molecular formula is C52H36N4O. The van der Waals surface area contributed by atoms with Crippen LogP contribution in [0.3, 0.4) is 0 Å². The minimum atomic E-state index is 0.658. The van der Waals surface area contributed by atoms with Crippen molar-refractivity contribution in [2.75, 3.05) is 0 Å². The van der Waals surface area contributed by atoms with Crippen LogP contribution in [0.2, 0.25) is 0 Å². The molecule has 0 fully saturated rings. The highest BCUT2D eigenvalue weighted by atomic mass is 16.3. The van der Waals surface area contributed by atoms with Crippen molar-refractivity contribution in [1.29, 1.82) is 0 Å². The van der Waals surface area contributed by atoms with Crippen molar-refractivity contribution in [3.63, 3.8) is 0 Å². The minimum Gasteiger partial charge on any atom is -0.455 e. The van der Waals surface area contributed by atoms with Gasteiger partial charge >= 0.3 is 0 Å². The summed E-state index contributed by atoms with van der Waals surface area (Å²) in [5, 5.41) is 3.21. The Morgan fingerprint density at radius 2 is 1.14 bits per heavy atom. The van der Waals surface area contributed by atoms with Gasteiger partial charge in [-0.05, 0) is 71.5 Å². The van der Waals surface area contributed by atoms with Gasteiger partial charge in [0.2, 0.25) is 0 Å². The number of para-hydroxylation sites is 1. The first-order valence-electron chi connectivity index (χ1n) is 19.2. The fourth-order valence-electron chi connectivity index (χ4n) is 7.73. The normalized spacial score (nSPS) is 13.0. The molecule has 0 aliphatic heterocycles. The van der Waals surface area contributed by atoms with Gasteiger partial charge in [-0.25, -0.2) is 19.9 Å². The lowest BCUT2D eigenvalue weighted by Gasteiger charge is -2.17. The summed E-state index contributed by atoms with van der Waals surface area (Å²) in [5.41, 5.74) is 13.1. The molecule has 0 saturated heterocycles. The van der Waals surface area contributed by atoms with Gasteiger partial charge in [-0.15, -0.1) is 0 Å². The topological polar surface area (TPSA) is 64.7 Å². The summed E-state index contributed by atoms with van der Waals surface area (Å²) in [6.07, 6.45) is 11.8. The quantitative estimate of drug-likeness (QED) is 0.146. The van der Waals surface area contributed by atoms with E-state index in [-0.39, 0.29) is 0 Å². The van der Waals surface area contributed by atoms with Crippen LogP contribution in [-0.2, 0) is 0 Å². The third kappa shape index (κ3) is 6.55. The lowest BCUT2D eigenvalue weighted by Crippen LogP contribution is -2.04. The fourth-order valence-corrected chi connectivity index (χ4v) is 7.73. The van der Waals surface area contributed by atoms with Gasteiger partial charge in [0.05, 0.1) is 11.2 Å². The maximum absolute atomic E-state index is 6.85. The summed E-state index contributed by atoms with van der Waals surface area (Å²) in [4.78, 5) is 20.2. The van der Waals surface area contributed by atoms with Crippen LogP contribution < -0.4 is 0 Å². The average molecular weight is 733 g/mol. The Hall–Kier alpha value is -7.50. The van der Waals surface area contributed by atoms with Crippen LogP contribution in [0.15, 0.2) is 187 Å². The zero-order valence-corrected chi connectivity index (χ0v) is 31.1. The van der Waals surface area contributed by atoms with Crippen molar-refractivity contribution in [3.05, 3.63) is 199 Å². The summed E-state index contributed by atoms with van der Waals surface area (Å²) >= 11 is 0. The summed E-state index contributed by atoms with van der Waals surface area (Å²) in [6.45, 7) is 3.94. The molecule has 1 aliphatic carbocycles. The predicted octanol–water partition coefficient (Wildman–Crippen LogP) is 13.4. The van der Waals surface area contributed by atoms with Crippen molar-refractivity contribution < 1.29 is 4.42 Å². The molecule has 10 rings (SSSR count). The Balaban J connectivity index is 1.15. The molecule has 270 valence electrons. The van der Waals surface area contributed by atoms with Crippen LogP contribution in [0.4, 0.5) is 0 Å². The molecule has 5 heteroatoms. The highest BCUT2D eigenvalue weighted by Gasteiger charge is 2.22. The molecule has 0 atom stereocenters. The second kappa shape index (κ2) is 14.6. The molecule has 3 heterocycles. The number of hydrogen-bond donors (Lipinski definition) is 0. The van der Waals surface area contributed by atoms with E-state index in [0.29, 0.717) is 17.5 Å². The minimum absolute atomic E-state index is 0.658. The molecule has 6 aromatic carbocycles. The molecule has 57 heavy (non-hydrogen) atoms. The van der Waals surface area contributed by atoms with Gasteiger partial charge in [-0.2, -0.15) is 0 Å². The molecule has 0 bridgehead atoms. The highest BCUT2D eigenvalue weighted by molar-refractivity contribution is 6.11. The number of fused-ring (bicyclic) bond motifs is 4. The standard InChI is InChI=1S/C52H36N4O/c1-2-3-15-41-30-40-22-13-14-23-46(40)53-48(41)42-31-44(49-45(32-42)43-29-28-39(33-47(43)57-49)34-16-7-4-8-17-34)35-24-26-38(27-25-35)52-55-50(36-18-9-5-10-19-36)54-51(56-52)37-20-11-6-12-21-37/h2-24,26,28-33H,1,25,27H2/b15-3-. The van der Waals surface area contributed by atoms with Gasteiger partial charge in [0.1, 0.15) is 11.2 Å². The molecule has 5 nitrogen and oxygen atoms in total. The summed E-state index contributed by atoms with van der Waals surface area (Å²) < 4.78 is 6.85. The first-order chi connectivity index (χ1) is 28.2. The van der Waals surface area contributed by atoms with Gasteiger partial charge in [0.25, 0.3) is 0 Å². The first-order valence-corrected chi connectivity index (χ1v) is 19.2. The van der Waals surface area contributed by atoms with Crippen LogP contribution >= 0.6 is 0 Å². The van der Waals surface area contributed by atoms with E-state index < -0.39 is 0 Å². The Bertz CT molecular complexity index is 3010. The Morgan fingerprint density at radius 3 is 1.82 bits per heavy atom. The lowest BCUT2D eigenvalue weighted by molar-refractivity contribution is 0.667.